The van der Waals surface area contributed by atoms with Crippen molar-refractivity contribution in [1.82, 2.24) is 4.98 Å². The Morgan fingerprint density at radius 3 is 2.40 bits per heavy atom. The fourth-order valence-electron chi connectivity index (χ4n) is 3.95. The van der Waals surface area contributed by atoms with Crippen molar-refractivity contribution >= 4 is 35.4 Å². The third-order valence-electron chi connectivity index (χ3n) is 5.69. The van der Waals surface area contributed by atoms with Crippen molar-refractivity contribution in [1.29, 1.82) is 0 Å². The van der Waals surface area contributed by atoms with Gasteiger partial charge in [0, 0.05) is 52.7 Å². The summed E-state index contributed by atoms with van der Waals surface area (Å²) in [6.07, 6.45) is 1.04. The quantitative estimate of drug-likeness (QED) is 0.455. The van der Waals surface area contributed by atoms with E-state index in [1.165, 1.54) is 37.4 Å². The zero-order chi connectivity index (χ0) is 25.3. The molecule has 2 atom stereocenters. The second-order valence-electron chi connectivity index (χ2n) is 7.93. The van der Waals surface area contributed by atoms with Gasteiger partial charge in [-0.3, -0.25) is 14.5 Å². The number of carbonyl (C=O) groups is 2. The molecule has 6 nitrogen and oxygen atoms in total. The smallest absolute Gasteiger partial charge is 0.276 e. The lowest BCUT2D eigenvalue weighted by Gasteiger charge is -2.17. The fraction of sp³-hybridized carbons (Fsp3) is 0.200. The lowest BCUT2D eigenvalue weighted by molar-refractivity contribution is -0.118. The van der Waals surface area contributed by atoms with Crippen LogP contribution in [0.5, 0.6) is 5.75 Å². The number of aliphatic imine (C=N–C) groups is 1. The van der Waals surface area contributed by atoms with Gasteiger partial charge < -0.3 is 4.74 Å². The summed E-state index contributed by atoms with van der Waals surface area (Å²) >= 11 is 5.84. The lowest BCUT2D eigenvalue weighted by atomic mass is 9.88. The molecule has 1 unspecified atom stereocenters. The van der Waals surface area contributed by atoms with Crippen molar-refractivity contribution in [3.8, 4) is 5.75 Å². The first-order valence-electron chi connectivity index (χ1n) is 10.5. The van der Waals surface area contributed by atoms with E-state index in [2.05, 4.69) is 9.98 Å². The van der Waals surface area contributed by atoms with Gasteiger partial charge in [-0.1, -0.05) is 11.6 Å². The van der Waals surface area contributed by atoms with Crippen LogP contribution in [0.25, 0.3) is 0 Å². The number of nitrogens with zero attached hydrogens (tertiary/aromatic N) is 3. The van der Waals surface area contributed by atoms with Gasteiger partial charge in [-0.15, -0.1) is 0 Å². The van der Waals surface area contributed by atoms with Crippen LogP contribution in [0.3, 0.4) is 0 Å². The Labute approximate surface area is 204 Å². The van der Waals surface area contributed by atoms with Gasteiger partial charge in [-0.25, -0.2) is 23.1 Å². The zero-order valence-corrected chi connectivity index (χ0v) is 19.4. The molecule has 1 aliphatic heterocycles. The average molecular weight is 502 g/mol. The van der Waals surface area contributed by atoms with Crippen LogP contribution in [0, 0.1) is 30.3 Å². The van der Waals surface area contributed by atoms with E-state index in [1.54, 1.807) is 6.92 Å². The summed E-state index contributed by atoms with van der Waals surface area (Å²) in [7, 11) is 1.26. The largest absolute Gasteiger partial charge is 0.497 e. The molecule has 1 fully saturated rings. The molecule has 4 rings (SSSR count). The van der Waals surface area contributed by atoms with Gasteiger partial charge in [0.2, 0.25) is 5.91 Å². The summed E-state index contributed by atoms with van der Waals surface area (Å²) in [6, 6.07) is 10.5. The summed E-state index contributed by atoms with van der Waals surface area (Å²) < 4.78 is 49.4. The van der Waals surface area contributed by atoms with E-state index in [-0.39, 0.29) is 23.7 Å². The number of ether oxygens (including phenoxy) is 1. The molecule has 0 radical (unpaired) electrons. The van der Waals surface area contributed by atoms with Gasteiger partial charge in [-0.2, -0.15) is 0 Å². The van der Waals surface area contributed by atoms with Crippen LogP contribution in [0.15, 0.2) is 53.5 Å². The Morgan fingerprint density at radius 1 is 1.11 bits per heavy atom. The number of amides is 2. The SMILES string of the molecule is COc1cc(F)c([C@@H]2CN(c3nc(C)ccc3F)C(=O)C2C=NC(=O)c2ccc(Cl)cc2)c(F)c1. The highest BCUT2D eigenvalue weighted by molar-refractivity contribution is 6.30. The molecule has 35 heavy (non-hydrogen) atoms. The molecule has 1 saturated heterocycles. The van der Waals surface area contributed by atoms with Gasteiger partial charge >= 0.3 is 0 Å². The van der Waals surface area contributed by atoms with E-state index >= 15 is 0 Å². The number of halogens is 4. The van der Waals surface area contributed by atoms with Gasteiger partial charge in [0.1, 0.15) is 17.4 Å². The highest BCUT2D eigenvalue weighted by Crippen LogP contribution is 2.39. The summed E-state index contributed by atoms with van der Waals surface area (Å²) in [5.74, 6) is -6.72. The normalized spacial score (nSPS) is 17.9. The highest BCUT2D eigenvalue weighted by Gasteiger charge is 2.44. The molecule has 10 heteroatoms. The van der Waals surface area contributed by atoms with E-state index in [9.17, 15) is 22.8 Å². The Morgan fingerprint density at radius 2 is 1.77 bits per heavy atom. The fourth-order valence-corrected chi connectivity index (χ4v) is 4.07. The third kappa shape index (κ3) is 4.90. The predicted molar refractivity (Wildman–Crippen MR) is 125 cm³/mol. The van der Waals surface area contributed by atoms with E-state index in [4.69, 9.17) is 16.3 Å². The van der Waals surface area contributed by atoms with Crippen LogP contribution >= 0.6 is 11.6 Å². The summed E-state index contributed by atoms with van der Waals surface area (Å²) in [6.45, 7) is 1.34. The molecule has 0 aliphatic carbocycles. The molecule has 180 valence electrons. The minimum absolute atomic E-state index is 0.0422. The molecule has 0 saturated carbocycles. The molecule has 0 spiro atoms. The number of aryl methyl sites for hydroxylation is 1. The molecule has 3 aromatic rings. The molecule has 1 aliphatic rings. The van der Waals surface area contributed by atoms with Crippen LogP contribution in [0.4, 0.5) is 19.0 Å². The van der Waals surface area contributed by atoms with Crippen molar-refractivity contribution < 1.29 is 27.5 Å². The number of pyridine rings is 1. The minimum atomic E-state index is -1.26. The highest BCUT2D eigenvalue weighted by atomic mass is 35.5. The monoisotopic (exact) mass is 501 g/mol. The van der Waals surface area contributed by atoms with Gasteiger partial charge in [-0.05, 0) is 43.3 Å². The first-order valence-corrected chi connectivity index (χ1v) is 10.9. The van der Waals surface area contributed by atoms with Crippen LogP contribution < -0.4 is 9.64 Å². The number of carbonyl (C=O) groups excluding carboxylic acids is 2. The van der Waals surface area contributed by atoms with Gasteiger partial charge in [0.15, 0.2) is 11.6 Å². The van der Waals surface area contributed by atoms with Crippen molar-refractivity contribution in [2.24, 2.45) is 10.9 Å². The van der Waals surface area contributed by atoms with Gasteiger partial charge in [0.05, 0.1) is 13.0 Å². The first-order chi connectivity index (χ1) is 16.7. The average Bonchev–Trinajstić information content (AvgIpc) is 3.14. The van der Waals surface area contributed by atoms with Crippen molar-refractivity contribution in [3.63, 3.8) is 0 Å². The van der Waals surface area contributed by atoms with Crippen LogP contribution in [-0.4, -0.2) is 36.7 Å². The van der Waals surface area contributed by atoms with E-state index in [0.29, 0.717) is 10.7 Å². The minimum Gasteiger partial charge on any atom is -0.497 e. The predicted octanol–water partition coefficient (Wildman–Crippen LogP) is 5.13. The van der Waals surface area contributed by atoms with Crippen molar-refractivity contribution in [2.45, 2.75) is 12.8 Å². The Hall–Kier alpha value is -3.72. The Kier molecular flexibility index (Phi) is 6.88. The number of anilines is 1. The number of aromatic nitrogens is 1. The summed E-state index contributed by atoms with van der Waals surface area (Å²) in [5, 5.41) is 0.422. The number of methoxy groups -OCH3 is 1. The van der Waals surface area contributed by atoms with E-state index < -0.39 is 46.7 Å². The second kappa shape index (κ2) is 9.87. The first kappa shape index (κ1) is 24.4. The van der Waals surface area contributed by atoms with E-state index in [0.717, 1.165) is 29.3 Å². The van der Waals surface area contributed by atoms with Crippen LogP contribution in [-0.2, 0) is 4.79 Å². The molecular weight excluding hydrogens is 483 g/mol. The number of hydrogen-bond donors (Lipinski definition) is 0. The summed E-state index contributed by atoms with van der Waals surface area (Å²) in [5.41, 5.74) is 0.255. The van der Waals surface area contributed by atoms with Crippen molar-refractivity contribution in [2.75, 3.05) is 18.6 Å². The second-order valence-corrected chi connectivity index (χ2v) is 8.37. The van der Waals surface area contributed by atoms with E-state index in [1.807, 2.05) is 0 Å². The maximum absolute atomic E-state index is 15.0. The standard InChI is InChI=1S/C25H19ClF3N3O3/c1-13-3-8-19(27)23(31-13)32-12-18(22-20(28)9-16(35-2)10-21(22)29)17(25(32)34)11-30-24(33)14-4-6-15(26)7-5-14/h3-11,17-18H,12H2,1-2H3/t17?,18-/m1/s1. The molecule has 2 aromatic carbocycles. The molecule has 1 aromatic heterocycles. The topological polar surface area (TPSA) is 71.9 Å². The van der Waals surface area contributed by atoms with Crippen LogP contribution in [0.2, 0.25) is 5.02 Å². The molecule has 2 amide bonds. The van der Waals surface area contributed by atoms with Crippen LogP contribution in [0.1, 0.15) is 27.5 Å². The molecule has 2 heterocycles. The maximum Gasteiger partial charge on any atom is 0.276 e. The molecular formula is C25H19ClF3N3O3. The number of rotatable bonds is 5. The Balaban J connectivity index is 1.76. The number of benzene rings is 2. The maximum atomic E-state index is 15.0. The number of hydrogen-bond acceptors (Lipinski definition) is 4. The zero-order valence-electron chi connectivity index (χ0n) is 18.6. The Bertz CT molecular complexity index is 1310. The lowest BCUT2D eigenvalue weighted by Crippen LogP contribution is -2.29. The van der Waals surface area contributed by atoms with Crippen molar-refractivity contribution in [3.05, 3.63) is 87.8 Å². The van der Waals surface area contributed by atoms with Gasteiger partial charge in [0.25, 0.3) is 5.91 Å². The third-order valence-corrected chi connectivity index (χ3v) is 5.94. The molecule has 0 bridgehead atoms. The molecule has 0 N–H and O–H groups in total. The summed E-state index contributed by atoms with van der Waals surface area (Å²) in [4.78, 5) is 34.8.